The standard InChI is InChI=1S/C24H50O6/c1-3-5-7-9-11-13-15-17-29-22(20-26)24(23(28)21(27)19-25)30-18-16-14-12-10-8-6-4-2/h21-28H,3-20H2,1-2H3/t21-,22+,23+,24+/m0/s1. The molecular weight excluding hydrogens is 384 g/mol. The summed E-state index contributed by atoms with van der Waals surface area (Å²) >= 11 is 0. The van der Waals surface area contributed by atoms with Crippen molar-refractivity contribution in [2.45, 2.75) is 128 Å². The van der Waals surface area contributed by atoms with Gasteiger partial charge in [0.05, 0.1) is 13.2 Å². The van der Waals surface area contributed by atoms with E-state index in [0.29, 0.717) is 13.2 Å². The second-order valence-electron chi connectivity index (χ2n) is 8.41. The second kappa shape index (κ2) is 22.0. The molecule has 182 valence electrons. The van der Waals surface area contributed by atoms with Gasteiger partial charge in [0.1, 0.15) is 24.4 Å². The predicted molar refractivity (Wildman–Crippen MR) is 122 cm³/mol. The number of aliphatic hydroxyl groups is 4. The maximum atomic E-state index is 10.4. The van der Waals surface area contributed by atoms with Gasteiger partial charge in [-0.2, -0.15) is 0 Å². The van der Waals surface area contributed by atoms with Crippen LogP contribution in [0.25, 0.3) is 0 Å². The number of hydrogen-bond acceptors (Lipinski definition) is 6. The molecule has 0 radical (unpaired) electrons. The Hall–Kier alpha value is -0.240. The molecule has 0 unspecified atom stereocenters. The van der Waals surface area contributed by atoms with Gasteiger partial charge in [-0.25, -0.2) is 0 Å². The molecule has 6 nitrogen and oxygen atoms in total. The van der Waals surface area contributed by atoms with E-state index in [1.54, 1.807) is 0 Å². The van der Waals surface area contributed by atoms with Gasteiger partial charge < -0.3 is 29.9 Å². The summed E-state index contributed by atoms with van der Waals surface area (Å²) in [6, 6.07) is 0. The largest absolute Gasteiger partial charge is 0.394 e. The minimum atomic E-state index is -1.32. The van der Waals surface area contributed by atoms with Crippen LogP contribution in [0.1, 0.15) is 104 Å². The summed E-state index contributed by atoms with van der Waals surface area (Å²) in [6.45, 7) is 4.47. The first-order valence-corrected chi connectivity index (χ1v) is 12.4. The minimum absolute atomic E-state index is 0.298. The summed E-state index contributed by atoms with van der Waals surface area (Å²) in [6.07, 6.45) is 12.1. The lowest BCUT2D eigenvalue weighted by molar-refractivity contribution is -0.164. The average Bonchev–Trinajstić information content (AvgIpc) is 2.76. The zero-order valence-corrected chi connectivity index (χ0v) is 19.6. The van der Waals surface area contributed by atoms with Gasteiger partial charge in [-0.3, -0.25) is 0 Å². The minimum Gasteiger partial charge on any atom is -0.394 e. The molecule has 0 bridgehead atoms. The lowest BCUT2D eigenvalue weighted by Crippen LogP contribution is -2.50. The Morgan fingerprint density at radius 2 is 1.00 bits per heavy atom. The number of hydrogen-bond donors (Lipinski definition) is 4. The third kappa shape index (κ3) is 15.5. The molecule has 0 amide bonds. The lowest BCUT2D eigenvalue weighted by Gasteiger charge is -2.32. The van der Waals surface area contributed by atoms with E-state index in [2.05, 4.69) is 13.8 Å². The molecule has 0 saturated carbocycles. The quantitative estimate of drug-likeness (QED) is 0.182. The second-order valence-corrected chi connectivity index (χ2v) is 8.41. The Kier molecular flexibility index (Phi) is 21.8. The first-order valence-electron chi connectivity index (χ1n) is 12.4. The van der Waals surface area contributed by atoms with E-state index >= 15 is 0 Å². The maximum Gasteiger partial charge on any atom is 0.114 e. The molecule has 0 spiro atoms. The van der Waals surface area contributed by atoms with Gasteiger partial charge in [0.2, 0.25) is 0 Å². The summed E-state index contributed by atoms with van der Waals surface area (Å²) in [7, 11) is 0. The van der Waals surface area contributed by atoms with Gasteiger partial charge in [-0.1, -0.05) is 90.9 Å². The zero-order chi connectivity index (χ0) is 22.5. The molecule has 0 heterocycles. The highest BCUT2D eigenvalue weighted by Gasteiger charge is 2.34. The monoisotopic (exact) mass is 434 g/mol. The van der Waals surface area contributed by atoms with Crippen LogP contribution < -0.4 is 0 Å². The highest BCUT2D eigenvalue weighted by Crippen LogP contribution is 2.16. The summed E-state index contributed by atoms with van der Waals surface area (Å²) < 4.78 is 11.6. The van der Waals surface area contributed by atoms with Crippen LogP contribution in [0.3, 0.4) is 0 Å². The molecular formula is C24H50O6. The van der Waals surface area contributed by atoms with Crippen LogP contribution in [0.4, 0.5) is 0 Å². The van der Waals surface area contributed by atoms with E-state index in [0.717, 1.165) is 32.1 Å². The van der Waals surface area contributed by atoms with Crippen molar-refractivity contribution < 1.29 is 29.9 Å². The molecule has 0 aliphatic carbocycles. The van der Waals surface area contributed by atoms with E-state index < -0.39 is 31.0 Å². The molecule has 0 fully saturated rings. The molecule has 4 atom stereocenters. The summed E-state index contributed by atoms with van der Waals surface area (Å²) in [5, 5.41) is 39.2. The van der Waals surface area contributed by atoms with Crippen LogP contribution >= 0.6 is 0 Å². The van der Waals surface area contributed by atoms with Crippen LogP contribution in [-0.2, 0) is 9.47 Å². The molecule has 0 rings (SSSR count). The topological polar surface area (TPSA) is 99.4 Å². The molecule has 4 N–H and O–H groups in total. The molecule has 0 aliphatic heterocycles. The van der Waals surface area contributed by atoms with Crippen molar-refractivity contribution in [1.29, 1.82) is 0 Å². The molecule has 0 saturated heterocycles. The summed E-state index contributed by atoms with van der Waals surface area (Å²) in [5.41, 5.74) is 0. The first-order chi connectivity index (χ1) is 14.6. The SMILES string of the molecule is CCCCCCCCCO[C@@H]([C@H](O)[C@@H](O)CO)[C@@H](CO)OCCCCCCCCC. The predicted octanol–water partition coefficient (Wildman–Crippen LogP) is 3.96. The van der Waals surface area contributed by atoms with Crippen LogP contribution in [0.5, 0.6) is 0 Å². The third-order valence-corrected chi connectivity index (χ3v) is 5.60. The number of rotatable bonds is 23. The van der Waals surface area contributed by atoms with Crippen molar-refractivity contribution in [1.82, 2.24) is 0 Å². The first kappa shape index (κ1) is 29.8. The van der Waals surface area contributed by atoms with Gasteiger partial charge >= 0.3 is 0 Å². The van der Waals surface area contributed by atoms with E-state index in [4.69, 9.17) is 9.47 Å². The van der Waals surface area contributed by atoms with Gasteiger partial charge in [0.15, 0.2) is 0 Å². The van der Waals surface area contributed by atoms with Crippen molar-refractivity contribution in [3.63, 3.8) is 0 Å². The fraction of sp³-hybridized carbons (Fsp3) is 1.00. The number of aliphatic hydroxyl groups excluding tert-OH is 4. The Bertz CT molecular complexity index is 342. The molecule has 6 heteroatoms. The lowest BCUT2D eigenvalue weighted by atomic mass is 10.0. The maximum absolute atomic E-state index is 10.4. The van der Waals surface area contributed by atoms with Crippen molar-refractivity contribution in [3.8, 4) is 0 Å². The molecule has 0 aromatic heterocycles. The van der Waals surface area contributed by atoms with E-state index in [1.165, 1.54) is 57.8 Å². The van der Waals surface area contributed by atoms with Crippen molar-refractivity contribution in [2.75, 3.05) is 26.4 Å². The molecule has 0 aromatic rings. The Morgan fingerprint density at radius 1 is 0.567 bits per heavy atom. The van der Waals surface area contributed by atoms with E-state index in [1.807, 2.05) is 0 Å². The molecule has 30 heavy (non-hydrogen) atoms. The zero-order valence-electron chi connectivity index (χ0n) is 19.6. The fourth-order valence-electron chi connectivity index (χ4n) is 3.58. The molecule has 0 aromatic carbocycles. The Labute approximate surface area is 185 Å². The number of unbranched alkanes of at least 4 members (excludes halogenated alkanes) is 12. The highest BCUT2D eigenvalue weighted by atomic mass is 16.6. The Morgan fingerprint density at radius 3 is 1.43 bits per heavy atom. The number of ether oxygens (including phenoxy) is 2. The smallest absolute Gasteiger partial charge is 0.114 e. The summed E-state index contributed by atoms with van der Waals surface area (Å²) in [4.78, 5) is 0. The fourth-order valence-corrected chi connectivity index (χ4v) is 3.58. The average molecular weight is 435 g/mol. The van der Waals surface area contributed by atoms with Crippen LogP contribution in [-0.4, -0.2) is 71.3 Å². The van der Waals surface area contributed by atoms with Gasteiger partial charge in [-0.05, 0) is 12.8 Å². The Balaban J connectivity index is 4.29. The normalized spacial score (nSPS) is 15.8. The highest BCUT2D eigenvalue weighted by molar-refractivity contribution is 4.83. The summed E-state index contributed by atoms with van der Waals surface area (Å²) in [5.74, 6) is 0. The third-order valence-electron chi connectivity index (χ3n) is 5.60. The molecule has 0 aliphatic rings. The van der Waals surface area contributed by atoms with Gasteiger partial charge in [-0.15, -0.1) is 0 Å². The van der Waals surface area contributed by atoms with Crippen LogP contribution in [0.2, 0.25) is 0 Å². The van der Waals surface area contributed by atoms with Crippen LogP contribution in [0.15, 0.2) is 0 Å². The van der Waals surface area contributed by atoms with Crippen molar-refractivity contribution in [2.24, 2.45) is 0 Å². The van der Waals surface area contributed by atoms with E-state index in [-0.39, 0.29) is 6.61 Å². The van der Waals surface area contributed by atoms with E-state index in [9.17, 15) is 20.4 Å². The van der Waals surface area contributed by atoms with Gasteiger partial charge in [0, 0.05) is 13.2 Å². The van der Waals surface area contributed by atoms with Crippen molar-refractivity contribution >= 4 is 0 Å². The van der Waals surface area contributed by atoms with Crippen LogP contribution in [0, 0.1) is 0 Å². The van der Waals surface area contributed by atoms with Gasteiger partial charge in [0.25, 0.3) is 0 Å². The van der Waals surface area contributed by atoms with Crippen molar-refractivity contribution in [3.05, 3.63) is 0 Å².